The summed E-state index contributed by atoms with van der Waals surface area (Å²) in [6, 6.07) is 3.83. The van der Waals surface area contributed by atoms with Gasteiger partial charge in [0.25, 0.3) is 0 Å². The summed E-state index contributed by atoms with van der Waals surface area (Å²) in [7, 11) is 0. The van der Waals surface area contributed by atoms with E-state index in [0.29, 0.717) is 5.00 Å². The van der Waals surface area contributed by atoms with E-state index < -0.39 is 0 Å². The SMILES string of the molecule is Nc1cnc(-c2cccnc2Br)s1. The van der Waals surface area contributed by atoms with Crippen LogP contribution < -0.4 is 5.73 Å². The molecule has 0 unspecified atom stereocenters. The second-order valence-corrected chi connectivity index (χ2v) is 4.22. The van der Waals surface area contributed by atoms with E-state index in [-0.39, 0.29) is 0 Å². The van der Waals surface area contributed by atoms with Crippen molar-refractivity contribution in [1.29, 1.82) is 0 Å². The maximum atomic E-state index is 5.59. The lowest BCUT2D eigenvalue weighted by molar-refractivity contribution is 1.27. The minimum atomic E-state index is 0.714. The minimum Gasteiger partial charge on any atom is -0.389 e. The molecule has 0 saturated carbocycles. The number of pyridine rings is 1. The number of aromatic nitrogens is 2. The van der Waals surface area contributed by atoms with Crippen molar-refractivity contribution in [3.8, 4) is 10.6 Å². The fourth-order valence-electron chi connectivity index (χ4n) is 0.957. The molecular formula is C8H6BrN3S. The fraction of sp³-hybridized carbons (Fsp3) is 0. The average Bonchev–Trinajstić information content (AvgIpc) is 2.53. The van der Waals surface area contributed by atoms with Crippen molar-refractivity contribution in [2.45, 2.75) is 0 Å². The number of hydrogen-bond acceptors (Lipinski definition) is 4. The number of nitrogens with zero attached hydrogens (tertiary/aromatic N) is 2. The zero-order valence-corrected chi connectivity index (χ0v) is 8.97. The lowest BCUT2D eigenvalue weighted by Crippen LogP contribution is -1.80. The van der Waals surface area contributed by atoms with Crippen molar-refractivity contribution in [2.75, 3.05) is 5.73 Å². The van der Waals surface area contributed by atoms with Crippen LogP contribution in [0.2, 0.25) is 0 Å². The molecule has 0 radical (unpaired) electrons. The molecule has 13 heavy (non-hydrogen) atoms. The number of nitrogens with two attached hydrogens (primary N) is 1. The standard InChI is InChI=1S/C8H6BrN3S/c9-7-5(2-1-3-11-7)8-12-4-6(10)13-8/h1-4H,10H2. The van der Waals surface area contributed by atoms with Crippen LogP contribution in [0.1, 0.15) is 0 Å². The molecule has 0 aromatic carbocycles. The summed E-state index contributed by atoms with van der Waals surface area (Å²) in [5, 5.41) is 1.60. The van der Waals surface area contributed by atoms with Gasteiger partial charge in [0.2, 0.25) is 0 Å². The quantitative estimate of drug-likeness (QED) is 0.797. The van der Waals surface area contributed by atoms with Crippen LogP contribution in [-0.4, -0.2) is 9.97 Å². The average molecular weight is 256 g/mol. The Hall–Kier alpha value is -0.940. The Kier molecular flexibility index (Phi) is 2.28. The van der Waals surface area contributed by atoms with Gasteiger partial charge in [0.1, 0.15) is 14.6 Å². The monoisotopic (exact) mass is 255 g/mol. The second kappa shape index (κ2) is 3.43. The third kappa shape index (κ3) is 1.71. The zero-order chi connectivity index (χ0) is 9.26. The van der Waals surface area contributed by atoms with Gasteiger partial charge in [-0.25, -0.2) is 9.97 Å². The van der Waals surface area contributed by atoms with Crippen molar-refractivity contribution in [1.82, 2.24) is 9.97 Å². The highest BCUT2D eigenvalue weighted by Crippen LogP contribution is 2.30. The van der Waals surface area contributed by atoms with Crippen LogP contribution in [0, 0.1) is 0 Å². The van der Waals surface area contributed by atoms with Gasteiger partial charge in [-0.3, -0.25) is 0 Å². The van der Waals surface area contributed by atoms with Crippen LogP contribution in [0.15, 0.2) is 29.1 Å². The molecule has 0 saturated heterocycles. The molecule has 0 atom stereocenters. The predicted molar refractivity (Wildman–Crippen MR) is 57.5 cm³/mol. The van der Waals surface area contributed by atoms with Crippen LogP contribution in [-0.2, 0) is 0 Å². The third-order valence-electron chi connectivity index (χ3n) is 1.51. The highest BCUT2D eigenvalue weighted by Gasteiger charge is 2.06. The summed E-state index contributed by atoms with van der Waals surface area (Å²) < 4.78 is 0.796. The van der Waals surface area contributed by atoms with Crippen molar-refractivity contribution >= 4 is 32.3 Å². The van der Waals surface area contributed by atoms with Crippen LogP contribution in [0.4, 0.5) is 5.00 Å². The van der Waals surface area contributed by atoms with Gasteiger partial charge in [-0.15, -0.1) is 0 Å². The predicted octanol–water partition coefficient (Wildman–Crippen LogP) is 2.55. The Labute approximate surface area is 87.8 Å². The second-order valence-electron chi connectivity index (χ2n) is 2.41. The molecule has 5 heteroatoms. The molecule has 0 aliphatic carbocycles. The summed E-state index contributed by atoms with van der Waals surface area (Å²) in [4.78, 5) is 8.28. The van der Waals surface area contributed by atoms with E-state index in [9.17, 15) is 0 Å². The summed E-state index contributed by atoms with van der Waals surface area (Å²) in [6.07, 6.45) is 3.38. The normalized spacial score (nSPS) is 10.2. The number of rotatable bonds is 1. The maximum absolute atomic E-state index is 5.59. The van der Waals surface area contributed by atoms with Gasteiger partial charge in [0.05, 0.1) is 6.20 Å². The largest absolute Gasteiger partial charge is 0.389 e. The zero-order valence-electron chi connectivity index (χ0n) is 6.57. The van der Waals surface area contributed by atoms with Gasteiger partial charge in [-0.05, 0) is 28.1 Å². The van der Waals surface area contributed by atoms with E-state index in [4.69, 9.17) is 5.73 Å². The third-order valence-corrected chi connectivity index (χ3v) is 3.00. The van der Waals surface area contributed by atoms with Crippen molar-refractivity contribution in [3.05, 3.63) is 29.1 Å². The van der Waals surface area contributed by atoms with Crippen LogP contribution in [0.5, 0.6) is 0 Å². The molecule has 0 fully saturated rings. The number of hydrogen-bond donors (Lipinski definition) is 1. The molecule has 0 aliphatic rings. The van der Waals surface area contributed by atoms with Gasteiger partial charge < -0.3 is 5.73 Å². The molecule has 0 bridgehead atoms. The Morgan fingerprint density at radius 3 is 2.85 bits per heavy atom. The van der Waals surface area contributed by atoms with E-state index in [1.165, 1.54) is 11.3 Å². The Balaban J connectivity index is 2.52. The van der Waals surface area contributed by atoms with Crippen LogP contribution in [0.3, 0.4) is 0 Å². The van der Waals surface area contributed by atoms with Crippen LogP contribution in [0.25, 0.3) is 10.6 Å². The van der Waals surface area contributed by atoms with E-state index >= 15 is 0 Å². The molecule has 0 spiro atoms. The lowest BCUT2D eigenvalue weighted by Gasteiger charge is -1.96. The van der Waals surface area contributed by atoms with E-state index in [1.807, 2.05) is 12.1 Å². The summed E-state index contributed by atoms with van der Waals surface area (Å²) >= 11 is 4.81. The van der Waals surface area contributed by atoms with Crippen molar-refractivity contribution in [2.24, 2.45) is 0 Å². The molecule has 2 aromatic rings. The molecule has 0 amide bonds. The van der Waals surface area contributed by atoms with Gasteiger partial charge in [-0.2, -0.15) is 0 Å². The molecule has 3 nitrogen and oxygen atoms in total. The number of thiazole rings is 1. The molecule has 66 valence electrons. The Morgan fingerprint density at radius 1 is 1.38 bits per heavy atom. The smallest absolute Gasteiger partial charge is 0.127 e. The molecule has 2 heterocycles. The highest BCUT2D eigenvalue weighted by molar-refractivity contribution is 9.10. The highest BCUT2D eigenvalue weighted by atomic mass is 79.9. The summed E-state index contributed by atoms with van der Waals surface area (Å²) in [5.41, 5.74) is 6.56. The molecule has 0 aliphatic heterocycles. The number of anilines is 1. The van der Waals surface area contributed by atoms with Crippen molar-refractivity contribution < 1.29 is 0 Å². The number of nitrogen functional groups attached to an aromatic ring is 1. The topological polar surface area (TPSA) is 51.8 Å². The first-order chi connectivity index (χ1) is 6.27. The molecular weight excluding hydrogens is 250 g/mol. The van der Waals surface area contributed by atoms with E-state index in [1.54, 1.807) is 12.4 Å². The van der Waals surface area contributed by atoms with E-state index in [0.717, 1.165) is 15.2 Å². The Morgan fingerprint density at radius 2 is 2.23 bits per heavy atom. The van der Waals surface area contributed by atoms with Gasteiger partial charge in [0.15, 0.2) is 0 Å². The molecule has 2 N–H and O–H groups in total. The lowest BCUT2D eigenvalue weighted by atomic mass is 10.3. The first kappa shape index (κ1) is 8.65. The Bertz CT molecular complexity index is 427. The van der Waals surface area contributed by atoms with Crippen molar-refractivity contribution in [3.63, 3.8) is 0 Å². The van der Waals surface area contributed by atoms with E-state index in [2.05, 4.69) is 25.9 Å². The van der Waals surface area contributed by atoms with Gasteiger partial charge in [-0.1, -0.05) is 11.3 Å². The molecule has 2 aromatic heterocycles. The van der Waals surface area contributed by atoms with Gasteiger partial charge >= 0.3 is 0 Å². The van der Waals surface area contributed by atoms with Crippen LogP contribution >= 0.6 is 27.3 Å². The minimum absolute atomic E-state index is 0.714. The first-order valence-electron chi connectivity index (χ1n) is 3.59. The number of halogens is 1. The summed E-state index contributed by atoms with van der Waals surface area (Å²) in [6.45, 7) is 0. The maximum Gasteiger partial charge on any atom is 0.127 e. The first-order valence-corrected chi connectivity index (χ1v) is 5.20. The summed E-state index contributed by atoms with van der Waals surface area (Å²) in [5.74, 6) is 0. The fourth-order valence-corrected chi connectivity index (χ4v) is 2.23. The van der Waals surface area contributed by atoms with Gasteiger partial charge in [0, 0.05) is 11.8 Å². The molecule has 2 rings (SSSR count).